The summed E-state index contributed by atoms with van der Waals surface area (Å²) in [7, 11) is 0. The number of hydrogen-bond donors (Lipinski definition) is 1. The molecule has 0 unspecified atom stereocenters. The third-order valence-electron chi connectivity index (χ3n) is 5.33. The van der Waals surface area contributed by atoms with Crippen molar-refractivity contribution in [1.29, 1.82) is 0 Å². The van der Waals surface area contributed by atoms with Crippen LogP contribution in [0.5, 0.6) is 0 Å². The van der Waals surface area contributed by atoms with Crippen LogP contribution >= 0.6 is 11.6 Å². The fourth-order valence-electron chi connectivity index (χ4n) is 4.83. The summed E-state index contributed by atoms with van der Waals surface area (Å²) in [4.78, 5) is 0. The van der Waals surface area contributed by atoms with Gasteiger partial charge in [0.05, 0.1) is 0 Å². The first-order valence-corrected chi connectivity index (χ1v) is 7.63. The molecule has 0 saturated heterocycles. The van der Waals surface area contributed by atoms with Crippen molar-refractivity contribution in [2.45, 2.75) is 39.0 Å². The van der Waals surface area contributed by atoms with Crippen molar-refractivity contribution in [3.05, 3.63) is 11.1 Å². The van der Waals surface area contributed by atoms with Gasteiger partial charge in [0.15, 0.2) is 0 Å². The van der Waals surface area contributed by atoms with Gasteiger partial charge in [-0.3, -0.25) is 0 Å². The Kier molecular flexibility index (Phi) is 3.49. The van der Waals surface area contributed by atoms with Crippen LogP contribution in [0.1, 0.15) is 39.0 Å². The van der Waals surface area contributed by atoms with Crippen LogP contribution in [0.25, 0.3) is 0 Å². The molecule has 4 fully saturated rings. The van der Waals surface area contributed by atoms with Crippen molar-refractivity contribution in [3.8, 4) is 0 Å². The van der Waals surface area contributed by atoms with E-state index in [9.17, 15) is 0 Å². The lowest BCUT2D eigenvalue weighted by molar-refractivity contribution is -0.0351. The van der Waals surface area contributed by atoms with Crippen LogP contribution in [-0.2, 0) is 0 Å². The van der Waals surface area contributed by atoms with E-state index in [0.29, 0.717) is 0 Å². The molecule has 0 amide bonds. The Morgan fingerprint density at radius 3 is 2.24 bits per heavy atom. The van der Waals surface area contributed by atoms with Crippen molar-refractivity contribution in [3.63, 3.8) is 0 Å². The van der Waals surface area contributed by atoms with Gasteiger partial charge in [-0.05, 0) is 75.2 Å². The van der Waals surface area contributed by atoms with Crippen LogP contribution in [-0.4, -0.2) is 13.1 Å². The molecule has 0 heterocycles. The van der Waals surface area contributed by atoms with E-state index in [-0.39, 0.29) is 0 Å². The third-order valence-corrected chi connectivity index (χ3v) is 5.48. The number of allylic oxidation sites excluding steroid dienone is 1. The summed E-state index contributed by atoms with van der Waals surface area (Å²) in [5.74, 6) is 5.24. The molecule has 1 N–H and O–H groups in total. The first kappa shape index (κ1) is 12.0. The molecule has 0 radical (unpaired) electrons. The normalized spacial score (nSPS) is 44.4. The Morgan fingerprint density at radius 2 is 1.71 bits per heavy atom. The van der Waals surface area contributed by atoms with Gasteiger partial charge in [0.25, 0.3) is 0 Å². The van der Waals surface area contributed by atoms with Crippen molar-refractivity contribution < 1.29 is 0 Å². The van der Waals surface area contributed by atoms with E-state index >= 15 is 0 Å². The maximum atomic E-state index is 5.84. The van der Waals surface area contributed by atoms with E-state index in [1.54, 1.807) is 6.42 Å². The Hall–Kier alpha value is -0.0100. The zero-order chi connectivity index (χ0) is 11.8. The van der Waals surface area contributed by atoms with E-state index < -0.39 is 0 Å². The molecule has 4 aliphatic carbocycles. The summed E-state index contributed by atoms with van der Waals surface area (Å²) in [5.41, 5.74) is 0. The van der Waals surface area contributed by atoms with Crippen LogP contribution in [0.4, 0.5) is 0 Å². The molecule has 0 spiro atoms. The minimum atomic E-state index is 0.905. The summed E-state index contributed by atoms with van der Waals surface area (Å²) in [6, 6.07) is 0. The van der Waals surface area contributed by atoms with Crippen LogP contribution in [0.2, 0.25) is 0 Å². The smallest absolute Gasteiger partial charge is 0.0149 e. The minimum absolute atomic E-state index is 0.905. The van der Waals surface area contributed by atoms with Crippen LogP contribution < -0.4 is 5.32 Å². The molecule has 0 aromatic carbocycles. The zero-order valence-electron chi connectivity index (χ0n) is 10.8. The van der Waals surface area contributed by atoms with Gasteiger partial charge in [-0.15, -0.1) is 0 Å². The zero-order valence-corrected chi connectivity index (χ0v) is 11.5. The SMILES string of the molecule is C/C(Cl)=C\CNCC1C2CC3CC(C2)CC1C3. The predicted octanol–water partition coefficient (Wildman–Crippen LogP) is 3.79. The molecule has 0 aliphatic heterocycles. The maximum Gasteiger partial charge on any atom is 0.0149 e. The van der Waals surface area contributed by atoms with Gasteiger partial charge < -0.3 is 5.32 Å². The average molecular weight is 254 g/mol. The Labute approximate surface area is 110 Å². The summed E-state index contributed by atoms with van der Waals surface area (Å²) in [5, 5.41) is 4.49. The fraction of sp³-hybridized carbons (Fsp3) is 0.867. The summed E-state index contributed by atoms with van der Waals surface area (Å²) in [6.45, 7) is 4.11. The highest BCUT2D eigenvalue weighted by atomic mass is 35.5. The molecule has 4 rings (SSSR count). The van der Waals surface area contributed by atoms with Gasteiger partial charge in [-0.1, -0.05) is 17.7 Å². The van der Waals surface area contributed by atoms with Gasteiger partial charge in [-0.25, -0.2) is 0 Å². The predicted molar refractivity (Wildman–Crippen MR) is 73.0 cm³/mol. The Balaban J connectivity index is 1.52. The second-order valence-corrected chi connectivity index (χ2v) is 7.14. The quantitative estimate of drug-likeness (QED) is 0.752. The molecular formula is C15H24ClN. The molecule has 4 saturated carbocycles. The summed E-state index contributed by atoms with van der Waals surface area (Å²) in [6.07, 6.45) is 9.76. The highest BCUT2D eigenvalue weighted by Gasteiger charge is 2.47. The van der Waals surface area contributed by atoms with E-state index in [1.165, 1.54) is 32.2 Å². The van der Waals surface area contributed by atoms with Crippen molar-refractivity contribution >= 4 is 11.6 Å². The number of nitrogens with one attached hydrogen (secondary N) is 1. The second kappa shape index (κ2) is 4.93. The molecule has 4 bridgehead atoms. The third kappa shape index (κ3) is 2.56. The number of rotatable bonds is 4. The van der Waals surface area contributed by atoms with E-state index in [0.717, 1.165) is 41.2 Å². The Bertz CT molecular complexity index is 278. The first-order chi connectivity index (χ1) is 8.22. The van der Waals surface area contributed by atoms with Crippen LogP contribution in [0.15, 0.2) is 11.1 Å². The van der Waals surface area contributed by atoms with E-state index in [1.807, 2.05) is 6.92 Å². The first-order valence-electron chi connectivity index (χ1n) is 7.25. The largest absolute Gasteiger partial charge is 0.313 e. The maximum absolute atomic E-state index is 5.84. The average Bonchev–Trinajstić information content (AvgIpc) is 2.25. The molecule has 96 valence electrons. The molecule has 1 nitrogen and oxygen atoms in total. The monoisotopic (exact) mass is 253 g/mol. The lowest BCUT2D eigenvalue weighted by Crippen LogP contribution is -2.48. The molecule has 4 aliphatic rings. The summed E-state index contributed by atoms with van der Waals surface area (Å²) < 4.78 is 0. The van der Waals surface area contributed by atoms with Gasteiger partial charge in [0, 0.05) is 11.6 Å². The lowest BCUT2D eigenvalue weighted by Gasteiger charge is -2.54. The molecule has 0 aromatic rings. The van der Waals surface area contributed by atoms with Crippen molar-refractivity contribution in [1.82, 2.24) is 5.32 Å². The molecule has 0 aromatic heterocycles. The van der Waals surface area contributed by atoms with Gasteiger partial charge in [0.2, 0.25) is 0 Å². The second-order valence-electron chi connectivity index (χ2n) is 6.54. The Morgan fingerprint density at radius 1 is 1.12 bits per heavy atom. The molecular weight excluding hydrogens is 230 g/mol. The number of hydrogen-bond acceptors (Lipinski definition) is 1. The molecule has 17 heavy (non-hydrogen) atoms. The minimum Gasteiger partial charge on any atom is -0.313 e. The highest BCUT2D eigenvalue weighted by molar-refractivity contribution is 6.29. The van der Waals surface area contributed by atoms with Crippen LogP contribution in [0.3, 0.4) is 0 Å². The highest BCUT2D eigenvalue weighted by Crippen LogP contribution is 2.56. The van der Waals surface area contributed by atoms with Gasteiger partial charge in [0.1, 0.15) is 0 Å². The summed E-state index contributed by atoms with van der Waals surface area (Å²) >= 11 is 5.84. The van der Waals surface area contributed by atoms with Crippen molar-refractivity contribution in [2.75, 3.05) is 13.1 Å². The fourth-order valence-corrected chi connectivity index (χ4v) is 4.91. The van der Waals surface area contributed by atoms with Crippen molar-refractivity contribution in [2.24, 2.45) is 29.6 Å². The standard InChI is InChI=1S/C15H24ClN/c1-10(16)2-3-17-9-15-13-5-11-4-12(7-13)8-14(15)6-11/h2,11-15,17H,3-9H2,1H3/b10-2+. The van der Waals surface area contributed by atoms with Gasteiger partial charge in [-0.2, -0.15) is 0 Å². The van der Waals surface area contributed by atoms with Gasteiger partial charge >= 0.3 is 0 Å². The van der Waals surface area contributed by atoms with E-state index in [4.69, 9.17) is 11.6 Å². The topological polar surface area (TPSA) is 12.0 Å². The lowest BCUT2D eigenvalue weighted by atomic mass is 9.52. The van der Waals surface area contributed by atoms with E-state index in [2.05, 4.69) is 11.4 Å². The molecule has 0 atom stereocenters. The molecule has 2 heteroatoms. The van der Waals surface area contributed by atoms with Crippen LogP contribution in [0, 0.1) is 29.6 Å². The number of halogens is 1.